The molecule has 0 saturated heterocycles. The van der Waals surface area contributed by atoms with Crippen LogP contribution >= 0.6 is 31.9 Å². The summed E-state index contributed by atoms with van der Waals surface area (Å²) >= 11 is 6.45. The molecular weight excluding hydrogens is 402 g/mol. The van der Waals surface area contributed by atoms with Gasteiger partial charge in [-0.3, -0.25) is 4.79 Å². The van der Waals surface area contributed by atoms with Gasteiger partial charge >= 0.3 is 0 Å². The van der Waals surface area contributed by atoms with Crippen LogP contribution in [0.5, 0.6) is 0 Å². The van der Waals surface area contributed by atoms with E-state index in [9.17, 15) is 4.79 Å². The Morgan fingerprint density at radius 3 is 2.86 bits per heavy atom. The van der Waals surface area contributed by atoms with Gasteiger partial charge in [-0.15, -0.1) is 0 Å². The molecule has 6 nitrogen and oxygen atoms in total. The van der Waals surface area contributed by atoms with E-state index in [2.05, 4.69) is 52.1 Å². The van der Waals surface area contributed by atoms with Crippen LogP contribution < -0.4 is 11.1 Å². The average Bonchev–Trinajstić information content (AvgIpc) is 2.87. The summed E-state index contributed by atoms with van der Waals surface area (Å²) in [4.78, 5) is 23.4. The van der Waals surface area contributed by atoms with Gasteiger partial charge in [0, 0.05) is 5.39 Å². The quantitative estimate of drug-likeness (QED) is 0.564. The third-order valence-electron chi connectivity index (χ3n) is 2.87. The number of halogens is 2. The molecule has 0 aliphatic heterocycles. The maximum Gasteiger partial charge on any atom is 0.273 e. The topological polar surface area (TPSA) is 96.7 Å². The Hall–Kier alpha value is -1.93. The number of hydrogen-bond acceptors (Lipinski definition) is 4. The number of amides is 1. The van der Waals surface area contributed by atoms with E-state index in [4.69, 9.17) is 5.73 Å². The third-order valence-corrected chi connectivity index (χ3v) is 3.80. The van der Waals surface area contributed by atoms with Crippen LogP contribution in [0.2, 0.25) is 0 Å². The van der Waals surface area contributed by atoms with Gasteiger partial charge in [-0.2, -0.15) is 0 Å². The van der Waals surface area contributed by atoms with E-state index in [0.29, 0.717) is 26.4 Å². The first kappa shape index (κ1) is 14.0. The lowest BCUT2D eigenvalue weighted by Gasteiger charge is -2.04. The molecule has 3 aromatic rings. The van der Waals surface area contributed by atoms with Crippen LogP contribution in [0.15, 0.2) is 39.7 Å². The highest BCUT2D eigenvalue weighted by Gasteiger charge is 2.13. The summed E-state index contributed by atoms with van der Waals surface area (Å²) in [6.45, 7) is 0. The van der Waals surface area contributed by atoms with Crippen LogP contribution in [-0.2, 0) is 0 Å². The minimum atomic E-state index is -0.317. The highest BCUT2D eigenvalue weighted by molar-refractivity contribution is 9.11. The van der Waals surface area contributed by atoms with Crippen molar-refractivity contribution in [2.45, 2.75) is 0 Å². The van der Waals surface area contributed by atoms with Gasteiger partial charge in [-0.25, -0.2) is 9.97 Å². The molecule has 0 aliphatic rings. The molecule has 2 aromatic heterocycles. The standard InChI is InChI=1S/C13H9Br2N5O/c14-9-5-17-12(11(15)19-9)20-13(21)8-4-6-2-1-3-7(16)10(6)18-8/h1-5,18H,16H2,(H,17,20,21). The molecule has 0 fully saturated rings. The van der Waals surface area contributed by atoms with Crippen molar-refractivity contribution >= 4 is 60.2 Å². The molecule has 4 N–H and O–H groups in total. The Balaban J connectivity index is 1.92. The molecule has 0 spiro atoms. The number of aromatic nitrogens is 3. The van der Waals surface area contributed by atoms with Gasteiger partial charge in [-0.05, 0) is 44.0 Å². The minimum absolute atomic E-state index is 0.317. The number of hydrogen-bond donors (Lipinski definition) is 3. The lowest BCUT2D eigenvalue weighted by molar-refractivity contribution is 0.102. The summed E-state index contributed by atoms with van der Waals surface area (Å²) in [5.41, 5.74) is 7.60. The fourth-order valence-electron chi connectivity index (χ4n) is 1.91. The van der Waals surface area contributed by atoms with E-state index in [1.54, 1.807) is 12.1 Å². The number of para-hydroxylation sites is 1. The van der Waals surface area contributed by atoms with E-state index < -0.39 is 0 Å². The molecule has 0 unspecified atom stereocenters. The van der Waals surface area contributed by atoms with E-state index in [-0.39, 0.29) is 5.91 Å². The summed E-state index contributed by atoms with van der Waals surface area (Å²) in [5.74, 6) is 0.0257. The average molecular weight is 411 g/mol. The second-order valence-electron chi connectivity index (χ2n) is 4.28. The first-order valence-corrected chi connectivity index (χ1v) is 7.50. The van der Waals surface area contributed by atoms with Crippen molar-refractivity contribution in [1.29, 1.82) is 0 Å². The predicted octanol–water partition coefficient (Wildman–Crippen LogP) is 3.32. The zero-order valence-corrected chi connectivity index (χ0v) is 13.7. The monoisotopic (exact) mass is 409 g/mol. The zero-order valence-electron chi connectivity index (χ0n) is 10.5. The number of nitrogens with zero attached hydrogens (tertiary/aromatic N) is 2. The van der Waals surface area contributed by atoms with Gasteiger partial charge < -0.3 is 16.0 Å². The van der Waals surface area contributed by atoms with Crippen LogP contribution in [0.3, 0.4) is 0 Å². The summed E-state index contributed by atoms with van der Waals surface area (Å²) in [6.07, 6.45) is 1.50. The lowest BCUT2D eigenvalue weighted by Crippen LogP contribution is -2.14. The van der Waals surface area contributed by atoms with Gasteiger partial charge in [0.15, 0.2) is 5.82 Å². The van der Waals surface area contributed by atoms with E-state index >= 15 is 0 Å². The number of nitrogen functional groups attached to an aromatic ring is 1. The molecule has 0 aliphatic carbocycles. The van der Waals surface area contributed by atoms with Crippen LogP contribution in [0.25, 0.3) is 10.9 Å². The molecule has 2 heterocycles. The molecule has 0 radical (unpaired) electrons. The van der Waals surface area contributed by atoms with Gasteiger partial charge in [0.25, 0.3) is 5.91 Å². The molecule has 1 aromatic carbocycles. The fourth-order valence-corrected chi connectivity index (χ4v) is 2.82. The maximum absolute atomic E-state index is 12.2. The summed E-state index contributed by atoms with van der Waals surface area (Å²) in [5, 5.41) is 3.56. The van der Waals surface area contributed by atoms with Crippen LogP contribution in [0.4, 0.5) is 11.5 Å². The minimum Gasteiger partial charge on any atom is -0.397 e. The molecular formula is C13H9Br2N5O. The SMILES string of the molecule is Nc1cccc2cc(C(=O)Nc3ncc(Br)nc3Br)[nH]c12. The van der Waals surface area contributed by atoms with Gasteiger partial charge in [-0.1, -0.05) is 12.1 Å². The Kier molecular flexibility index (Phi) is 3.64. The lowest BCUT2D eigenvalue weighted by atomic mass is 10.2. The van der Waals surface area contributed by atoms with Crippen molar-refractivity contribution in [2.75, 3.05) is 11.1 Å². The van der Waals surface area contributed by atoms with Gasteiger partial charge in [0.2, 0.25) is 0 Å². The van der Waals surface area contributed by atoms with E-state index in [1.807, 2.05) is 12.1 Å². The number of rotatable bonds is 2. The molecule has 106 valence electrons. The predicted molar refractivity (Wildman–Crippen MR) is 88.1 cm³/mol. The Morgan fingerprint density at radius 1 is 1.33 bits per heavy atom. The van der Waals surface area contributed by atoms with E-state index in [1.165, 1.54) is 6.20 Å². The Morgan fingerprint density at radius 2 is 2.14 bits per heavy atom. The highest BCUT2D eigenvalue weighted by atomic mass is 79.9. The van der Waals surface area contributed by atoms with Crippen LogP contribution in [0.1, 0.15) is 10.5 Å². The number of H-pyrrole nitrogens is 1. The second kappa shape index (κ2) is 5.45. The third kappa shape index (κ3) is 2.77. The maximum atomic E-state index is 12.2. The number of carbonyl (C=O) groups excluding carboxylic acids is 1. The summed E-state index contributed by atoms with van der Waals surface area (Å²) in [7, 11) is 0. The van der Waals surface area contributed by atoms with Crippen molar-refractivity contribution in [1.82, 2.24) is 15.0 Å². The smallest absolute Gasteiger partial charge is 0.273 e. The second-order valence-corrected chi connectivity index (χ2v) is 5.84. The van der Waals surface area contributed by atoms with Gasteiger partial charge in [0.05, 0.1) is 17.4 Å². The number of fused-ring (bicyclic) bond motifs is 1. The number of nitrogens with two attached hydrogens (primary N) is 1. The highest BCUT2D eigenvalue weighted by Crippen LogP contribution is 2.23. The number of benzene rings is 1. The number of anilines is 2. The molecule has 21 heavy (non-hydrogen) atoms. The number of aromatic amines is 1. The van der Waals surface area contributed by atoms with E-state index in [0.717, 1.165) is 10.9 Å². The molecule has 0 saturated carbocycles. The first-order valence-electron chi connectivity index (χ1n) is 5.91. The van der Waals surface area contributed by atoms with Gasteiger partial charge in [0.1, 0.15) is 14.9 Å². The summed E-state index contributed by atoms with van der Waals surface area (Å²) in [6, 6.07) is 7.23. The molecule has 0 atom stereocenters. The summed E-state index contributed by atoms with van der Waals surface area (Å²) < 4.78 is 1.02. The van der Waals surface area contributed by atoms with Crippen LogP contribution in [-0.4, -0.2) is 20.9 Å². The van der Waals surface area contributed by atoms with Crippen molar-refractivity contribution in [3.8, 4) is 0 Å². The Bertz CT molecular complexity index is 846. The number of nitrogens with one attached hydrogen (secondary N) is 2. The van der Waals surface area contributed by atoms with Crippen molar-refractivity contribution in [3.05, 3.63) is 45.4 Å². The van der Waals surface area contributed by atoms with Crippen molar-refractivity contribution in [3.63, 3.8) is 0 Å². The van der Waals surface area contributed by atoms with Crippen molar-refractivity contribution in [2.24, 2.45) is 0 Å². The first-order chi connectivity index (χ1) is 10.0. The van der Waals surface area contributed by atoms with Crippen LogP contribution in [0, 0.1) is 0 Å². The van der Waals surface area contributed by atoms with Crippen molar-refractivity contribution < 1.29 is 4.79 Å². The fraction of sp³-hybridized carbons (Fsp3) is 0. The Labute approximate surface area is 136 Å². The molecule has 3 rings (SSSR count). The largest absolute Gasteiger partial charge is 0.397 e. The normalized spacial score (nSPS) is 10.8. The number of carbonyl (C=O) groups is 1. The molecule has 8 heteroatoms. The molecule has 1 amide bonds. The zero-order chi connectivity index (χ0) is 15.0. The molecule has 0 bridgehead atoms.